The van der Waals surface area contributed by atoms with Crippen molar-refractivity contribution < 1.29 is 14.3 Å². The lowest BCUT2D eigenvalue weighted by molar-refractivity contribution is -0.138. The Kier molecular flexibility index (Phi) is 11.2. The summed E-state index contributed by atoms with van der Waals surface area (Å²) in [5.74, 6) is 0. The molecule has 4 nitrogen and oxygen atoms in total. The van der Waals surface area contributed by atoms with Crippen molar-refractivity contribution in [1.29, 1.82) is 0 Å². The third-order valence-electron chi connectivity index (χ3n) is 1.49. The number of rotatable bonds is 6. The van der Waals surface area contributed by atoms with Gasteiger partial charge in [0.25, 0.3) is 6.47 Å². The minimum atomic E-state index is -0.318. The van der Waals surface area contributed by atoms with E-state index < -0.39 is 0 Å². The lowest BCUT2D eigenvalue weighted by atomic mass is 10.2. The molecule has 94 valence electrons. The van der Waals surface area contributed by atoms with Crippen molar-refractivity contribution in [1.82, 2.24) is 5.32 Å². The van der Waals surface area contributed by atoms with Crippen LogP contribution in [-0.2, 0) is 14.3 Å². The molecular formula is C12H23NO3. The van der Waals surface area contributed by atoms with Crippen LogP contribution in [0.15, 0.2) is 12.2 Å². The average Bonchev–Trinajstić information content (AvgIpc) is 2.17. The zero-order valence-electron chi connectivity index (χ0n) is 10.7. The molecule has 0 aromatic heterocycles. The van der Waals surface area contributed by atoms with Crippen molar-refractivity contribution in [2.75, 3.05) is 13.6 Å². The normalized spacial score (nSPS) is 9.75. The Labute approximate surface area is 98.1 Å². The number of hydrogen-bond acceptors (Lipinski definition) is 4. The van der Waals surface area contributed by atoms with Gasteiger partial charge in [0.15, 0.2) is 0 Å². The SMILES string of the molecule is C=C(C=O)CCCNC.CC(C)(C)OC=O. The van der Waals surface area contributed by atoms with Crippen LogP contribution >= 0.6 is 0 Å². The molecule has 0 aliphatic carbocycles. The van der Waals surface area contributed by atoms with Crippen LogP contribution in [0.3, 0.4) is 0 Å². The van der Waals surface area contributed by atoms with Crippen LogP contribution in [0.4, 0.5) is 0 Å². The zero-order chi connectivity index (χ0) is 13.0. The van der Waals surface area contributed by atoms with Crippen LogP contribution in [-0.4, -0.2) is 32.0 Å². The van der Waals surface area contributed by atoms with Crippen molar-refractivity contribution in [3.63, 3.8) is 0 Å². The first-order chi connectivity index (χ1) is 7.37. The molecule has 0 unspecified atom stereocenters. The van der Waals surface area contributed by atoms with Crippen LogP contribution in [0.25, 0.3) is 0 Å². The Balaban J connectivity index is 0. The van der Waals surface area contributed by atoms with Gasteiger partial charge in [-0.3, -0.25) is 9.59 Å². The Morgan fingerprint density at radius 1 is 1.38 bits per heavy atom. The number of hydrogen-bond donors (Lipinski definition) is 1. The van der Waals surface area contributed by atoms with Gasteiger partial charge in [-0.2, -0.15) is 0 Å². The highest BCUT2D eigenvalue weighted by Crippen LogP contribution is 2.02. The lowest BCUT2D eigenvalue weighted by Crippen LogP contribution is -2.17. The first-order valence-corrected chi connectivity index (χ1v) is 5.26. The van der Waals surface area contributed by atoms with Gasteiger partial charge in [-0.05, 0) is 52.8 Å². The van der Waals surface area contributed by atoms with Gasteiger partial charge in [0, 0.05) is 0 Å². The summed E-state index contributed by atoms with van der Waals surface area (Å²) in [5, 5.41) is 2.99. The second-order valence-electron chi connectivity index (χ2n) is 4.31. The maximum absolute atomic E-state index is 9.98. The molecule has 0 aromatic carbocycles. The number of nitrogens with one attached hydrogen (secondary N) is 1. The lowest BCUT2D eigenvalue weighted by Gasteiger charge is -2.14. The van der Waals surface area contributed by atoms with Gasteiger partial charge < -0.3 is 10.1 Å². The fourth-order valence-corrected chi connectivity index (χ4v) is 0.695. The largest absolute Gasteiger partial charge is 0.462 e. The van der Waals surface area contributed by atoms with Crippen LogP contribution in [0, 0.1) is 0 Å². The molecule has 0 saturated heterocycles. The van der Waals surface area contributed by atoms with E-state index in [9.17, 15) is 9.59 Å². The molecule has 16 heavy (non-hydrogen) atoms. The van der Waals surface area contributed by atoms with Crippen molar-refractivity contribution >= 4 is 12.8 Å². The standard InChI is InChI=1S/C7H13NO.C5H10O2/c1-7(6-9)4-3-5-8-2;1-5(2,3)7-4-6/h6,8H,1,3-5H2,2H3;4H,1-3H3. The van der Waals surface area contributed by atoms with Gasteiger partial charge in [0.2, 0.25) is 0 Å². The molecule has 0 radical (unpaired) electrons. The van der Waals surface area contributed by atoms with Crippen LogP contribution in [0.2, 0.25) is 0 Å². The van der Waals surface area contributed by atoms with E-state index in [2.05, 4.69) is 16.6 Å². The van der Waals surface area contributed by atoms with E-state index in [1.807, 2.05) is 27.8 Å². The van der Waals surface area contributed by atoms with Gasteiger partial charge in [0.1, 0.15) is 11.9 Å². The minimum absolute atomic E-state index is 0.318. The highest BCUT2D eigenvalue weighted by atomic mass is 16.5. The van der Waals surface area contributed by atoms with E-state index in [0.717, 1.165) is 25.7 Å². The topological polar surface area (TPSA) is 55.4 Å². The van der Waals surface area contributed by atoms with Crippen LogP contribution in [0.5, 0.6) is 0 Å². The average molecular weight is 229 g/mol. The summed E-state index contributed by atoms with van der Waals surface area (Å²) in [5.41, 5.74) is 0.368. The van der Waals surface area contributed by atoms with E-state index in [4.69, 9.17) is 0 Å². The minimum Gasteiger partial charge on any atom is -0.462 e. The molecular weight excluding hydrogens is 206 g/mol. The summed E-state index contributed by atoms with van der Waals surface area (Å²) in [6, 6.07) is 0. The molecule has 0 heterocycles. The van der Waals surface area contributed by atoms with Crippen molar-refractivity contribution in [3.05, 3.63) is 12.2 Å². The van der Waals surface area contributed by atoms with Gasteiger partial charge >= 0.3 is 0 Å². The fraction of sp³-hybridized carbons (Fsp3) is 0.667. The van der Waals surface area contributed by atoms with E-state index in [-0.39, 0.29) is 5.60 Å². The smallest absolute Gasteiger partial charge is 0.293 e. The Hall–Kier alpha value is -1.16. The first kappa shape index (κ1) is 17.2. The zero-order valence-corrected chi connectivity index (χ0v) is 10.7. The highest BCUT2D eigenvalue weighted by Gasteiger charge is 2.07. The van der Waals surface area contributed by atoms with Crippen molar-refractivity contribution in [2.45, 2.75) is 39.2 Å². The Morgan fingerprint density at radius 3 is 2.19 bits per heavy atom. The van der Waals surface area contributed by atoms with Gasteiger partial charge in [-0.15, -0.1) is 0 Å². The molecule has 0 aromatic rings. The Morgan fingerprint density at radius 2 is 1.94 bits per heavy atom. The number of aldehydes is 1. The molecule has 0 aliphatic rings. The summed E-state index contributed by atoms with van der Waals surface area (Å²) in [6.07, 6.45) is 2.62. The molecule has 0 atom stereocenters. The number of carbonyl (C=O) groups excluding carboxylic acids is 2. The predicted octanol–water partition coefficient (Wildman–Crippen LogP) is 1.70. The molecule has 0 aliphatic heterocycles. The van der Waals surface area contributed by atoms with E-state index >= 15 is 0 Å². The predicted molar refractivity (Wildman–Crippen MR) is 65.3 cm³/mol. The van der Waals surface area contributed by atoms with Gasteiger partial charge in [0.05, 0.1) is 0 Å². The Bertz CT molecular complexity index is 207. The third-order valence-corrected chi connectivity index (χ3v) is 1.49. The third kappa shape index (κ3) is 18.6. The van der Waals surface area contributed by atoms with E-state index in [0.29, 0.717) is 12.0 Å². The van der Waals surface area contributed by atoms with Crippen LogP contribution in [0.1, 0.15) is 33.6 Å². The van der Waals surface area contributed by atoms with Crippen LogP contribution < -0.4 is 5.32 Å². The quantitative estimate of drug-likeness (QED) is 0.428. The van der Waals surface area contributed by atoms with E-state index in [1.165, 1.54) is 0 Å². The maximum Gasteiger partial charge on any atom is 0.293 e. The van der Waals surface area contributed by atoms with Gasteiger partial charge in [-0.25, -0.2) is 0 Å². The van der Waals surface area contributed by atoms with Gasteiger partial charge in [-0.1, -0.05) is 6.58 Å². The summed E-state index contributed by atoms with van der Waals surface area (Å²) < 4.78 is 4.55. The molecule has 0 spiro atoms. The fourth-order valence-electron chi connectivity index (χ4n) is 0.695. The molecule has 1 N–H and O–H groups in total. The molecule has 0 fully saturated rings. The molecule has 0 saturated carbocycles. The second kappa shape index (κ2) is 10.4. The summed E-state index contributed by atoms with van der Waals surface area (Å²) in [4.78, 5) is 19.6. The molecule has 0 bridgehead atoms. The molecule has 0 amide bonds. The highest BCUT2D eigenvalue weighted by molar-refractivity contribution is 5.71. The maximum atomic E-state index is 9.98. The summed E-state index contributed by atoms with van der Waals surface area (Å²) in [7, 11) is 1.89. The second-order valence-corrected chi connectivity index (χ2v) is 4.31. The summed E-state index contributed by atoms with van der Waals surface area (Å²) in [6.45, 7) is 10.4. The molecule has 0 rings (SSSR count). The van der Waals surface area contributed by atoms with Crippen molar-refractivity contribution in [3.8, 4) is 0 Å². The molecule has 4 heteroatoms. The number of allylic oxidation sites excluding steroid dienone is 1. The summed E-state index contributed by atoms with van der Waals surface area (Å²) >= 11 is 0. The first-order valence-electron chi connectivity index (χ1n) is 5.26. The number of ether oxygens (including phenoxy) is 1. The van der Waals surface area contributed by atoms with Crippen molar-refractivity contribution in [2.24, 2.45) is 0 Å². The monoisotopic (exact) mass is 229 g/mol. The van der Waals surface area contributed by atoms with E-state index in [1.54, 1.807) is 0 Å². The number of carbonyl (C=O) groups is 2.